The lowest BCUT2D eigenvalue weighted by Crippen LogP contribution is -2.61. The molecule has 0 unspecified atom stereocenters. The van der Waals surface area contributed by atoms with Gasteiger partial charge in [0.15, 0.2) is 0 Å². The molecule has 144 valence electrons. The Morgan fingerprint density at radius 2 is 1.34 bits per heavy atom. The number of rotatable bonds is 5. The average molecular weight is 380 g/mol. The standard InChI is InChI=1S/C27H25NO/c1-3-9-20(10-4-1)26(21-11-5-2-6-12-21)28-18-27(19-28,23-15-16-23)25-17-22-13-7-8-14-24(22)29-25/h1-14,17,23,26H,15-16,18-19H2. The minimum atomic E-state index is 0.167. The first-order valence-corrected chi connectivity index (χ1v) is 10.7. The van der Waals surface area contributed by atoms with Gasteiger partial charge in [-0.2, -0.15) is 0 Å². The Morgan fingerprint density at radius 3 is 1.93 bits per heavy atom. The molecule has 1 saturated carbocycles. The third-order valence-electron chi connectivity index (χ3n) is 6.84. The van der Waals surface area contributed by atoms with Gasteiger partial charge in [0.1, 0.15) is 11.3 Å². The molecule has 2 nitrogen and oxygen atoms in total. The second-order valence-electron chi connectivity index (χ2n) is 8.71. The van der Waals surface area contributed by atoms with Gasteiger partial charge in [0.05, 0.1) is 11.5 Å². The summed E-state index contributed by atoms with van der Waals surface area (Å²) >= 11 is 0. The highest BCUT2D eigenvalue weighted by Crippen LogP contribution is 2.55. The van der Waals surface area contributed by atoms with Gasteiger partial charge in [0.2, 0.25) is 0 Å². The van der Waals surface area contributed by atoms with E-state index in [4.69, 9.17) is 4.42 Å². The van der Waals surface area contributed by atoms with Crippen molar-refractivity contribution in [1.82, 2.24) is 4.90 Å². The first-order chi connectivity index (χ1) is 14.3. The highest BCUT2D eigenvalue weighted by Gasteiger charge is 2.57. The van der Waals surface area contributed by atoms with Crippen LogP contribution in [-0.4, -0.2) is 18.0 Å². The van der Waals surface area contributed by atoms with E-state index >= 15 is 0 Å². The lowest BCUT2D eigenvalue weighted by molar-refractivity contribution is 0.00919. The molecule has 0 atom stereocenters. The lowest BCUT2D eigenvalue weighted by Gasteiger charge is -2.53. The molecule has 29 heavy (non-hydrogen) atoms. The zero-order chi connectivity index (χ0) is 19.3. The number of likely N-dealkylation sites (tertiary alicyclic amines) is 1. The van der Waals surface area contributed by atoms with E-state index in [0.717, 1.165) is 24.6 Å². The maximum atomic E-state index is 6.39. The van der Waals surface area contributed by atoms with Crippen LogP contribution in [0.4, 0.5) is 0 Å². The van der Waals surface area contributed by atoms with Gasteiger partial charge in [-0.15, -0.1) is 0 Å². The average Bonchev–Trinajstić information content (AvgIpc) is 3.50. The quantitative estimate of drug-likeness (QED) is 0.411. The minimum Gasteiger partial charge on any atom is -0.460 e. The van der Waals surface area contributed by atoms with Gasteiger partial charge in [-0.25, -0.2) is 0 Å². The number of benzene rings is 3. The van der Waals surface area contributed by atoms with E-state index in [1.165, 1.54) is 35.1 Å². The van der Waals surface area contributed by atoms with Gasteiger partial charge in [0.25, 0.3) is 0 Å². The molecule has 0 N–H and O–H groups in total. The number of hydrogen-bond donors (Lipinski definition) is 0. The Kier molecular flexibility index (Phi) is 3.88. The van der Waals surface area contributed by atoms with E-state index in [1.807, 2.05) is 0 Å². The maximum Gasteiger partial charge on any atom is 0.134 e. The molecule has 2 fully saturated rings. The topological polar surface area (TPSA) is 16.4 Å². The molecule has 0 spiro atoms. The van der Waals surface area contributed by atoms with Gasteiger partial charge in [-0.05, 0) is 42.0 Å². The molecule has 2 heteroatoms. The first kappa shape index (κ1) is 17.1. The highest BCUT2D eigenvalue weighted by atomic mass is 16.3. The zero-order valence-electron chi connectivity index (χ0n) is 16.5. The Labute approximate surface area is 171 Å². The van der Waals surface area contributed by atoms with Crippen molar-refractivity contribution in [2.24, 2.45) is 5.92 Å². The lowest BCUT2D eigenvalue weighted by atomic mass is 9.71. The van der Waals surface area contributed by atoms with Crippen LogP contribution in [0.3, 0.4) is 0 Å². The predicted octanol–water partition coefficient (Wildman–Crippen LogP) is 6.19. The van der Waals surface area contributed by atoms with Crippen LogP contribution in [0.1, 0.15) is 35.8 Å². The number of hydrogen-bond acceptors (Lipinski definition) is 2. The molecule has 0 radical (unpaired) electrons. The van der Waals surface area contributed by atoms with E-state index < -0.39 is 0 Å². The molecule has 2 aliphatic rings. The highest BCUT2D eigenvalue weighted by molar-refractivity contribution is 5.78. The van der Waals surface area contributed by atoms with Gasteiger partial charge in [-0.3, -0.25) is 4.90 Å². The van der Waals surface area contributed by atoms with Crippen LogP contribution in [0.15, 0.2) is 95.4 Å². The molecule has 0 amide bonds. The molecule has 2 heterocycles. The van der Waals surface area contributed by atoms with Crippen LogP contribution in [0, 0.1) is 5.92 Å². The molecule has 4 aromatic rings. The third kappa shape index (κ3) is 2.82. The van der Waals surface area contributed by atoms with Crippen LogP contribution in [0.2, 0.25) is 0 Å². The molecular weight excluding hydrogens is 354 g/mol. The van der Waals surface area contributed by atoms with Crippen molar-refractivity contribution in [2.75, 3.05) is 13.1 Å². The van der Waals surface area contributed by atoms with Gasteiger partial charge < -0.3 is 4.42 Å². The second kappa shape index (κ2) is 6.60. The zero-order valence-corrected chi connectivity index (χ0v) is 16.5. The van der Waals surface area contributed by atoms with E-state index in [1.54, 1.807) is 0 Å². The van der Waals surface area contributed by atoms with Crippen molar-refractivity contribution in [3.63, 3.8) is 0 Å². The minimum absolute atomic E-state index is 0.167. The van der Waals surface area contributed by atoms with Crippen molar-refractivity contribution >= 4 is 11.0 Å². The predicted molar refractivity (Wildman–Crippen MR) is 117 cm³/mol. The second-order valence-corrected chi connectivity index (χ2v) is 8.71. The van der Waals surface area contributed by atoms with Gasteiger partial charge >= 0.3 is 0 Å². The fourth-order valence-corrected chi connectivity index (χ4v) is 5.22. The van der Waals surface area contributed by atoms with Crippen molar-refractivity contribution in [1.29, 1.82) is 0 Å². The smallest absolute Gasteiger partial charge is 0.134 e. The number of furan rings is 1. The molecule has 1 aliphatic heterocycles. The number of fused-ring (bicyclic) bond motifs is 1. The van der Waals surface area contributed by atoms with Crippen LogP contribution >= 0.6 is 0 Å². The Morgan fingerprint density at radius 1 is 0.759 bits per heavy atom. The summed E-state index contributed by atoms with van der Waals surface area (Å²) in [5, 5.41) is 1.23. The molecule has 0 bridgehead atoms. The Balaban J connectivity index is 1.36. The molecule has 1 saturated heterocycles. The summed E-state index contributed by atoms with van der Waals surface area (Å²) in [5.41, 5.74) is 3.92. The maximum absolute atomic E-state index is 6.39. The summed E-state index contributed by atoms with van der Waals surface area (Å²) in [7, 11) is 0. The normalized spacial score (nSPS) is 18.8. The Hall–Kier alpha value is -2.84. The molecule has 6 rings (SSSR count). The van der Waals surface area contributed by atoms with Crippen molar-refractivity contribution in [2.45, 2.75) is 24.3 Å². The summed E-state index contributed by atoms with van der Waals surface area (Å²) in [6.07, 6.45) is 2.65. The van der Waals surface area contributed by atoms with Crippen LogP contribution in [0.5, 0.6) is 0 Å². The van der Waals surface area contributed by atoms with E-state index in [2.05, 4.69) is 95.9 Å². The monoisotopic (exact) mass is 379 g/mol. The van der Waals surface area contributed by atoms with Crippen LogP contribution in [-0.2, 0) is 5.41 Å². The van der Waals surface area contributed by atoms with Crippen molar-refractivity contribution in [3.8, 4) is 0 Å². The van der Waals surface area contributed by atoms with Crippen LogP contribution < -0.4 is 0 Å². The molecular formula is C27H25NO. The summed E-state index contributed by atoms with van der Waals surface area (Å²) in [4.78, 5) is 2.64. The SMILES string of the molecule is c1ccc(C(c2ccccc2)N2CC(c3cc4ccccc4o3)(C3CC3)C2)cc1. The number of para-hydroxylation sites is 1. The molecule has 3 aromatic carbocycles. The third-order valence-corrected chi connectivity index (χ3v) is 6.84. The van der Waals surface area contributed by atoms with Crippen LogP contribution in [0.25, 0.3) is 11.0 Å². The summed E-state index contributed by atoms with van der Waals surface area (Å²) in [6.45, 7) is 2.12. The fraction of sp³-hybridized carbons (Fsp3) is 0.259. The van der Waals surface area contributed by atoms with E-state index in [-0.39, 0.29) is 5.41 Å². The van der Waals surface area contributed by atoms with Gasteiger partial charge in [-0.1, -0.05) is 78.9 Å². The fourth-order valence-electron chi connectivity index (χ4n) is 5.22. The van der Waals surface area contributed by atoms with Gasteiger partial charge in [0, 0.05) is 18.5 Å². The molecule has 1 aliphatic carbocycles. The largest absolute Gasteiger partial charge is 0.460 e. The van der Waals surface area contributed by atoms with Crippen molar-refractivity contribution in [3.05, 3.63) is 108 Å². The molecule has 1 aromatic heterocycles. The summed E-state index contributed by atoms with van der Waals surface area (Å²) in [6, 6.07) is 32.9. The number of nitrogens with zero attached hydrogens (tertiary/aromatic N) is 1. The summed E-state index contributed by atoms with van der Waals surface area (Å²) < 4.78 is 6.39. The Bertz CT molecular complexity index is 1050. The first-order valence-electron chi connectivity index (χ1n) is 10.7. The van der Waals surface area contributed by atoms with E-state index in [0.29, 0.717) is 6.04 Å². The van der Waals surface area contributed by atoms with E-state index in [9.17, 15) is 0 Å². The van der Waals surface area contributed by atoms with Crippen molar-refractivity contribution < 1.29 is 4.42 Å². The summed E-state index contributed by atoms with van der Waals surface area (Å²) in [5.74, 6) is 1.95.